The van der Waals surface area contributed by atoms with Crippen LogP contribution in [0.5, 0.6) is 0 Å². The van der Waals surface area contributed by atoms with Crippen molar-refractivity contribution in [3.63, 3.8) is 0 Å². The van der Waals surface area contributed by atoms with Crippen LogP contribution < -0.4 is 4.90 Å². The molecule has 57 heavy (non-hydrogen) atoms. The lowest BCUT2D eigenvalue weighted by molar-refractivity contribution is 0.0503. The SMILES string of the molecule is CC(C)(C)CC(C)(C)c1ccc(N(c2ccc(C(C)(C)CC(C)(C)C)cc2)c2ccc3c(c2)[nH]c2cc4c5c(cccc5c23)C(=O)N(C2CCCCC2)C4=O)cc1. The predicted octanol–water partition coefficient (Wildman–Crippen LogP) is 14.3. The molecule has 2 aliphatic rings. The van der Waals surface area contributed by atoms with Gasteiger partial charge in [-0.05, 0) is 112 Å². The number of fused-ring (bicyclic) bond motifs is 4. The Morgan fingerprint density at radius 3 is 1.63 bits per heavy atom. The van der Waals surface area contributed by atoms with E-state index >= 15 is 0 Å². The van der Waals surface area contributed by atoms with Gasteiger partial charge in [0.05, 0.1) is 5.56 Å². The molecule has 1 aromatic heterocycles. The molecule has 1 fully saturated rings. The van der Waals surface area contributed by atoms with Gasteiger partial charge in [0.15, 0.2) is 0 Å². The molecule has 5 nitrogen and oxygen atoms in total. The molecular formula is C52H61N3O2. The Morgan fingerprint density at radius 2 is 1.09 bits per heavy atom. The van der Waals surface area contributed by atoms with Crippen molar-refractivity contribution in [2.24, 2.45) is 10.8 Å². The molecule has 5 heteroatoms. The maximum atomic E-state index is 14.2. The van der Waals surface area contributed by atoms with Crippen LogP contribution >= 0.6 is 0 Å². The molecule has 2 amide bonds. The molecule has 0 atom stereocenters. The zero-order valence-corrected chi connectivity index (χ0v) is 35.9. The van der Waals surface area contributed by atoms with E-state index in [1.54, 1.807) is 4.90 Å². The van der Waals surface area contributed by atoms with Crippen molar-refractivity contribution in [1.82, 2.24) is 9.88 Å². The summed E-state index contributed by atoms with van der Waals surface area (Å²) in [5, 5.41) is 3.85. The molecule has 0 spiro atoms. The Balaban J connectivity index is 1.24. The molecule has 5 aromatic carbocycles. The van der Waals surface area contributed by atoms with Crippen LogP contribution in [0.25, 0.3) is 32.6 Å². The maximum absolute atomic E-state index is 14.2. The summed E-state index contributed by atoms with van der Waals surface area (Å²) in [7, 11) is 0. The fraction of sp³-hybridized carbons (Fsp3) is 0.423. The minimum atomic E-state index is -0.161. The number of imide groups is 1. The molecule has 8 rings (SSSR count). The van der Waals surface area contributed by atoms with E-state index in [2.05, 4.69) is 152 Å². The second-order valence-corrected chi connectivity index (χ2v) is 20.9. The van der Waals surface area contributed by atoms with E-state index in [4.69, 9.17) is 0 Å². The van der Waals surface area contributed by atoms with Crippen molar-refractivity contribution >= 4 is 61.5 Å². The van der Waals surface area contributed by atoms with E-state index in [0.717, 1.165) is 94.6 Å². The van der Waals surface area contributed by atoms with Crippen LogP contribution in [0.4, 0.5) is 17.1 Å². The lowest BCUT2D eigenvalue weighted by Crippen LogP contribution is -2.47. The standard InChI is InChI=1S/C52H61N3O2/c1-49(2,3)31-51(7,8)33-19-23-36(24-20-33)54(37-25-21-34(22-26-37)52(9,10)32-50(4,5)6)38-27-28-39-43(29-38)53-44-30-42-45-40(46(39)44)17-14-18-41(45)47(56)55(48(42)57)35-15-12-11-13-16-35/h14,17-30,35,53H,11-13,15-16,31-32H2,1-10H3. The molecule has 0 saturated heterocycles. The number of carbonyl (C=O) groups is 2. The van der Waals surface area contributed by atoms with Crippen LogP contribution in [0.3, 0.4) is 0 Å². The summed E-state index contributed by atoms with van der Waals surface area (Å²) in [6.07, 6.45) is 7.20. The molecule has 6 aromatic rings. The number of benzene rings is 5. The highest BCUT2D eigenvalue weighted by atomic mass is 16.2. The first kappa shape index (κ1) is 38.9. The van der Waals surface area contributed by atoms with Crippen molar-refractivity contribution in [2.75, 3.05) is 4.90 Å². The second kappa shape index (κ2) is 13.9. The van der Waals surface area contributed by atoms with E-state index < -0.39 is 0 Å². The number of hydrogen-bond donors (Lipinski definition) is 1. The van der Waals surface area contributed by atoms with Gasteiger partial charge in [-0.3, -0.25) is 14.5 Å². The highest BCUT2D eigenvalue weighted by Crippen LogP contribution is 2.44. The number of carbonyl (C=O) groups excluding carboxylic acids is 2. The molecule has 0 radical (unpaired) electrons. The number of H-pyrrole nitrogens is 1. The Labute approximate surface area is 339 Å². The molecule has 1 N–H and O–H groups in total. The van der Waals surface area contributed by atoms with Crippen LogP contribution in [0.1, 0.15) is 146 Å². The van der Waals surface area contributed by atoms with Gasteiger partial charge < -0.3 is 9.88 Å². The summed E-state index contributed by atoms with van der Waals surface area (Å²) in [5.74, 6) is -0.311. The first-order valence-corrected chi connectivity index (χ1v) is 21.2. The molecule has 296 valence electrons. The van der Waals surface area contributed by atoms with Crippen molar-refractivity contribution in [3.8, 4) is 0 Å². The first-order chi connectivity index (χ1) is 26.8. The van der Waals surface area contributed by atoms with E-state index in [1.807, 2.05) is 18.2 Å². The van der Waals surface area contributed by atoms with Crippen molar-refractivity contribution in [3.05, 3.63) is 113 Å². The highest BCUT2D eigenvalue weighted by molar-refractivity contribution is 6.32. The van der Waals surface area contributed by atoms with Gasteiger partial charge in [-0.2, -0.15) is 0 Å². The molecule has 0 unspecified atom stereocenters. The Morgan fingerprint density at radius 1 is 0.561 bits per heavy atom. The third-order valence-corrected chi connectivity index (χ3v) is 12.6. The minimum Gasteiger partial charge on any atom is -0.354 e. The molecule has 1 saturated carbocycles. The molecule has 1 aliphatic heterocycles. The predicted molar refractivity (Wildman–Crippen MR) is 240 cm³/mol. The average molecular weight is 760 g/mol. The summed E-state index contributed by atoms with van der Waals surface area (Å²) in [5.41, 5.74) is 9.56. The summed E-state index contributed by atoms with van der Waals surface area (Å²) >= 11 is 0. The lowest BCUT2D eigenvalue weighted by atomic mass is 9.72. The van der Waals surface area contributed by atoms with Crippen LogP contribution in [-0.4, -0.2) is 27.7 Å². The maximum Gasteiger partial charge on any atom is 0.261 e. The largest absolute Gasteiger partial charge is 0.354 e. The zero-order chi connectivity index (χ0) is 40.7. The van der Waals surface area contributed by atoms with E-state index in [-0.39, 0.29) is 39.5 Å². The van der Waals surface area contributed by atoms with Crippen LogP contribution in [0.2, 0.25) is 0 Å². The average Bonchev–Trinajstić information content (AvgIpc) is 3.51. The molecule has 2 heterocycles. The topological polar surface area (TPSA) is 56.4 Å². The summed E-state index contributed by atoms with van der Waals surface area (Å²) < 4.78 is 0. The van der Waals surface area contributed by atoms with Crippen LogP contribution in [0, 0.1) is 10.8 Å². The number of nitrogens with one attached hydrogen (secondary N) is 1. The highest BCUT2D eigenvalue weighted by Gasteiger charge is 2.39. The number of amides is 2. The Bertz CT molecular complexity index is 2430. The van der Waals surface area contributed by atoms with E-state index in [0.29, 0.717) is 11.1 Å². The normalized spacial score (nSPS) is 16.0. The minimum absolute atomic E-state index is 0.0353. The van der Waals surface area contributed by atoms with Gasteiger partial charge in [-0.1, -0.05) is 131 Å². The van der Waals surface area contributed by atoms with Gasteiger partial charge in [-0.25, -0.2) is 0 Å². The van der Waals surface area contributed by atoms with Gasteiger partial charge in [0.1, 0.15) is 0 Å². The molecule has 1 aliphatic carbocycles. The van der Waals surface area contributed by atoms with Crippen molar-refractivity contribution in [1.29, 1.82) is 0 Å². The van der Waals surface area contributed by atoms with Gasteiger partial charge >= 0.3 is 0 Å². The number of aromatic nitrogens is 1. The first-order valence-electron chi connectivity index (χ1n) is 21.2. The third kappa shape index (κ3) is 7.28. The monoisotopic (exact) mass is 759 g/mol. The number of nitrogens with zero attached hydrogens (tertiary/aromatic N) is 2. The third-order valence-electron chi connectivity index (χ3n) is 12.6. The number of anilines is 3. The van der Waals surface area contributed by atoms with Gasteiger partial charge in [-0.15, -0.1) is 0 Å². The fourth-order valence-corrected chi connectivity index (χ4v) is 10.8. The molecular weight excluding hydrogens is 699 g/mol. The van der Waals surface area contributed by atoms with Crippen molar-refractivity contribution in [2.45, 2.75) is 131 Å². The Hall–Kier alpha value is -4.90. The summed E-state index contributed by atoms with van der Waals surface area (Å²) in [6.45, 7) is 23.3. The van der Waals surface area contributed by atoms with Crippen LogP contribution in [-0.2, 0) is 10.8 Å². The van der Waals surface area contributed by atoms with Gasteiger partial charge in [0.2, 0.25) is 0 Å². The lowest BCUT2D eigenvalue weighted by Gasteiger charge is -2.36. The Kier molecular flexibility index (Phi) is 9.49. The molecule has 0 bridgehead atoms. The van der Waals surface area contributed by atoms with E-state index in [1.165, 1.54) is 11.1 Å². The zero-order valence-electron chi connectivity index (χ0n) is 35.9. The quantitative estimate of drug-likeness (QED) is 0.157. The summed E-state index contributed by atoms with van der Waals surface area (Å²) in [6, 6.07) is 32.8. The number of aromatic amines is 1. The van der Waals surface area contributed by atoms with Gasteiger partial charge in [0.25, 0.3) is 11.8 Å². The summed E-state index contributed by atoms with van der Waals surface area (Å²) in [4.78, 5) is 35.9. The number of rotatable bonds is 8. The van der Waals surface area contributed by atoms with Gasteiger partial charge in [0, 0.05) is 55.9 Å². The smallest absolute Gasteiger partial charge is 0.261 e. The number of hydrogen-bond acceptors (Lipinski definition) is 3. The van der Waals surface area contributed by atoms with Crippen molar-refractivity contribution < 1.29 is 9.59 Å². The fourth-order valence-electron chi connectivity index (χ4n) is 10.8. The van der Waals surface area contributed by atoms with Crippen LogP contribution in [0.15, 0.2) is 91.0 Å². The van der Waals surface area contributed by atoms with E-state index in [9.17, 15) is 9.59 Å². The second-order valence-electron chi connectivity index (χ2n) is 20.9.